The number of fused-ring (bicyclic) bond motifs is 1. The van der Waals surface area contributed by atoms with Crippen LogP contribution < -0.4 is 15.4 Å². The molecule has 0 spiro atoms. The van der Waals surface area contributed by atoms with Crippen LogP contribution in [0.5, 0.6) is 5.75 Å². The summed E-state index contributed by atoms with van der Waals surface area (Å²) in [5.41, 5.74) is 3.25. The number of amides is 2. The molecule has 0 saturated carbocycles. The molecule has 1 heterocycles. The van der Waals surface area contributed by atoms with Crippen LogP contribution in [0.15, 0.2) is 77.7 Å². The van der Waals surface area contributed by atoms with Gasteiger partial charge in [-0.2, -0.15) is 0 Å². The number of rotatable bonds is 6. The van der Waals surface area contributed by atoms with Crippen molar-refractivity contribution in [1.29, 1.82) is 0 Å². The van der Waals surface area contributed by atoms with E-state index < -0.39 is 0 Å². The smallest absolute Gasteiger partial charge is 0.251 e. The fourth-order valence-corrected chi connectivity index (χ4v) is 3.81. The molecule has 2 amide bonds. The van der Waals surface area contributed by atoms with Crippen molar-refractivity contribution < 1.29 is 14.3 Å². The van der Waals surface area contributed by atoms with Crippen molar-refractivity contribution in [3.8, 4) is 5.75 Å². The fourth-order valence-electron chi connectivity index (χ4n) is 3.02. The average molecular weight is 404 g/mol. The summed E-state index contributed by atoms with van der Waals surface area (Å²) in [6.45, 7) is 0.879. The lowest BCUT2D eigenvalue weighted by atomic mass is 10.1. The van der Waals surface area contributed by atoms with E-state index in [1.165, 1.54) is 11.8 Å². The molecule has 0 unspecified atom stereocenters. The van der Waals surface area contributed by atoms with Crippen LogP contribution in [0, 0.1) is 0 Å². The van der Waals surface area contributed by atoms with E-state index in [-0.39, 0.29) is 11.8 Å². The van der Waals surface area contributed by atoms with E-state index in [0.29, 0.717) is 30.2 Å². The normalized spacial score (nSPS) is 12.6. The number of thioether (sulfide) groups is 1. The molecule has 3 aromatic carbocycles. The van der Waals surface area contributed by atoms with Gasteiger partial charge in [-0.15, -0.1) is 11.8 Å². The molecule has 0 saturated heterocycles. The van der Waals surface area contributed by atoms with E-state index in [1.807, 2.05) is 60.7 Å². The fraction of sp³-hybridized carbons (Fsp3) is 0.130. The van der Waals surface area contributed by atoms with Crippen molar-refractivity contribution in [1.82, 2.24) is 5.32 Å². The summed E-state index contributed by atoms with van der Waals surface area (Å²) in [5.74, 6) is 1.00. The second-order valence-electron chi connectivity index (χ2n) is 6.65. The summed E-state index contributed by atoms with van der Waals surface area (Å²) in [6, 6.07) is 23.0. The minimum atomic E-state index is -0.177. The second kappa shape index (κ2) is 8.84. The largest absolute Gasteiger partial charge is 0.489 e. The summed E-state index contributed by atoms with van der Waals surface area (Å²) in [4.78, 5) is 25.1. The maximum atomic E-state index is 12.5. The molecule has 1 aliphatic rings. The summed E-state index contributed by atoms with van der Waals surface area (Å²) >= 11 is 1.48. The standard InChI is InChI=1S/C23H20N2O3S/c26-22-15-29-21-10-9-18(12-20(21)25-22)23(27)24-13-16-5-4-6-17(11-16)14-28-19-7-2-1-3-8-19/h1-12H,13-15H2,(H,24,27)(H,25,26). The van der Waals surface area contributed by atoms with Crippen LogP contribution in [0.4, 0.5) is 5.69 Å². The molecule has 4 rings (SSSR count). The van der Waals surface area contributed by atoms with Gasteiger partial charge in [0.2, 0.25) is 5.91 Å². The van der Waals surface area contributed by atoms with Crippen LogP contribution in [-0.4, -0.2) is 17.6 Å². The molecule has 6 heteroatoms. The van der Waals surface area contributed by atoms with Gasteiger partial charge in [0.05, 0.1) is 11.4 Å². The monoisotopic (exact) mass is 404 g/mol. The molecule has 0 radical (unpaired) electrons. The number of nitrogens with one attached hydrogen (secondary N) is 2. The number of ether oxygens (including phenoxy) is 1. The van der Waals surface area contributed by atoms with Crippen LogP contribution in [-0.2, 0) is 17.9 Å². The lowest BCUT2D eigenvalue weighted by Gasteiger charge is -2.17. The molecule has 0 aromatic heterocycles. The molecule has 29 heavy (non-hydrogen) atoms. The van der Waals surface area contributed by atoms with Crippen LogP contribution >= 0.6 is 11.8 Å². The molecule has 0 aliphatic carbocycles. The number of hydrogen-bond acceptors (Lipinski definition) is 4. The number of para-hydroxylation sites is 1. The highest BCUT2D eigenvalue weighted by Gasteiger charge is 2.17. The Labute approximate surface area is 173 Å². The molecule has 1 aliphatic heterocycles. The van der Waals surface area contributed by atoms with E-state index in [4.69, 9.17) is 4.74 Å². The van der Waals surface area contributed by atoms with Gasteiger partial charge in [0.1, 0.15) is 12.4 Å². The number of carbonyl (C=O) groups excluding carboxylic acids is 2. The minimum Gasteiger partial charge on any atom is -0.489 e. The minimum absolute atomic E-state index is 0.0467. The van der Waals surface area contributed by atoms with Crippen molar-refractivity contribution in [2.45, 2.75) is 18.0 Å². The van der Waals surface area contributed by atoms with E-state index in [0.717, 1.165) is 21.8 Å². The third kappa shape index (κ3) is 4.97. The van der Waals surface area contributed by atoms with Gasteiger partial charge in [0.15, 0.2) is 0 Å². The molecule has 0 atom stereocenters. The maximum absolute atomic E-state index is 12.5. The number of hydrogen-bond donors (Lipinski definition) is 2. The first-order valence-corrected chi connectivity index (χ1v) is 10.3. The Morgan fingerprint density at radius 3 is 2.69 bits per heavy atom. The van der Waals surface area contributed by atoms with Gasteiger partial charge < -0.3 is 15.4 Å². The van der Waals surface area contributed by atoms with Crippen LogP contribution in [0.1, 0.15) is 21.5 Å². The Kier molecular flexibility index (Phi) is 5.81. The predicted octanol–water partition coefficient (Wildman–Crippen LogP) is 4.24. The summed E-state index contributed by atoms with van der Waals surface area (Å²) < 4.78 is 5.78. The maximum Gasteiger partial charge on any atom is 0.251 e. The molecule has 2 N–H and O–H groups in total. The summed E-state index contributed by atoms with van der Waals surface area (Å²) in [7, 11) is 0. The number of benzene rings is 3. The zero-order chi connectivity index (χ0) is 20.1. The Bertz CT molecular complexity index is 1040. The van der Waals surface area contributed by atoms with Crippen molar-refractivity contribution >= 4 is 29.3 Å². The Morgan fingerprint density at radius 2 is 1.83 bits per heavy atom. The molecular weight excluding hydrogens is 384 g/mol. The van der Waals surface area contributed by atoms with Crippen molar-refractivity contribution in [2.24, 2.45) is 0 Å². The van der Waals surface area contributed by atoms with Crippen molar-refractivity contribution in [3.63, 3.8) is 0 Å². The molecular formula is C23H20N2O3S. The first-order chi connectivity index (χ1) is 14.2. The van der Waals surface area contributed by atoms with Crippen LogP contribution in [0.25, 0.3) is 0 Å². The van der Waals surface area contributed by atoms with Gasteiger partial charge >= 0.3 is 0 Å². The van der Waals surface area contributed by atoms with E-state index >= 15 is 0 Å². The van der Waals surface area contributed by atoms with Crippen LogP contribution in [0.3, 0.4) is 0 Å². The summed E-state index contributed by atoms with van der Waals surface area (Å²) in [5, 5.41) is 5.75. The van der Waals surface area contributed by atoms with Gasteiger partial charge in [0, 0.05) is 17.0 Å². The SMILES string of the molecule is O=C1CSc2ccc(C(=O)NCc3cccc(COc4ccccc4)c3)cc2N1. The molecule has 146 valence electrons. The van der Waals surface area contributed by atoms with Crippen LogP contribution in [0.2, 0.25) is 0 Å². The van der Waals surface area contributed by atoms with E-state index in [2.05, 4.69) is 10.6 Å². The first kappa shape index (κ1) is 19.1. The van der Waals surface area contributed by atoms with Crippen molar-refractivity contribution in [2.75, 3.05) is 11.1 Å². The highest BCUT2D eigenvalue weighted by molar-refractivity contribution is 8.00. The second-order valence-corrected chi connectivity index (χ2v) is 7.67. The highest BCUT2D eigenvalue weighted by Crippen LogP contribution is 2.31. The molecule has 5 nitrogen and oxygen atoms in total. The van der Waals surface area contributed by atoms with Gasteiger partial charge in [-0.3, -0.25) is 9.59 Å². The average Bonchev–Trinajstić information content (AvgIpc) is 2.76. The Balaban J connectivity index is 1.36. The van der Waals surface area contributed by atoms with Gasteiger partial charge in [-0.1, -0.05) is 42.5 Å². The zero-order valence-electron chi connectivity index (χ0n) is 15.7. The molecule has 0 fully saturated rings. The summed E-state index contributed by atoms with van der Waals surface area (Å²) in [6.07, 6.45) is 0. The lowest BCUT2D eigenvalue weighted by Crippen LogP contribution is -2.24. The third-order valence-electron chi connectivity index (χ3n) is 4.47. The van der Waals surface area contributed by atoms with Gasteiger partial charge in [-0.25, -0.2) is 0 Å². The van der Waals surface area contributed by atoms with E-state index in [1.54, 1.807) is 12.1 Å². The van der Waals surface area contributed by atoms with Gasteiger partial charge in [0.25, 0.3) is 5.91 Å². The number of carbonyl (C=O) groups is 2. The topological polar surface area (TPSA) is 67.4 Å². The molecule has 0 bridgehead atoms. The highest BCUT2D eigenvalue weighted by atomic mass is 32.2. The van der Waals surface area contributed by atoms with Gasteiger partial charge in [-0.05, 0) is 41.5 Å². The molecule has 3 aromatic rings. The quantitative estimate of drug-likeness (QED) is 0.645. The predicted molar refractivity (Wildman–Crippen MR) is 114 cm³/mol. The third-order valence-corrected chi connectivity index (χ3v) is 5.54. The number of anilines is 1. The first-order valence-electron chi connectivity index (χ1n) is 9.28. The van der Waals surface area contributed by atoms with Crippen molar-refractivity contribution in [3.05, 3.63) is 89.5 Å². The Morgan fingerprint density at radius 1 is 1.00 bits per heavy atom. The zero-order valence-corrected chi connectivity index (χ0v) is 16.5. The lowest BCUT2D eigenvalue weighted by molar-refractivity contribution is -0.113. The van der Waals surface area contributed by atoms with E-state index in [9.17, 15) is 9.59 Å². The Hall–Kier alpha value is -3.25.